The van der Waals surface area contributed by atoms with E-state index in [1.54, 1.807) is 4.98 Å². The quantitative estimate of drug-likeness (QED) is 0.629. The molecule has 9 nitrogen and oxygen atoms in total. The molecule has 0 aromatic carbocycles. The van der Waals surface area contributed by atoms with Gasteiger partial charge in [-0.1, -0.05) is 25.2 Å². The zero-order valence-electron chi connectivity index (χ0n) is 17.2. The van der Waals surface area contributed by atoms with Crippen LogP contribution in [0.3, 0.4) is 0 Å². The zero-order chi connectivity index (χ0) is 23.3. The molecule has 3 rings (SSSR count). The van der Waals surface area contributed by atoms with Crippen molar-refractivity contribution in [3.8, 4) is 12.3 Å². The van der Waals surface area contributed by atoms with Crippen molar-refractivity contribution in [3.63, 3.8) is 0 Å². The van der Waals surface area contributed by atoms with Gasteiger partial charge in [-0.3, -0.25) is 14.3 Å². The van der Waals surface area contributed by atoms with Crippen LogP contribution in [0.15, 0.2) is 15.8 Å². The maximum absolute atomic E-state index is 13.1. The minimum absolute atomic E-state index is 0.0301. The SMILES string of the molecule is C#CCO[C@H]1C[C@H](n2cc(C(F)(F)F)c(=O)[nH]c2=O)O[C@@H]1COC(=O)NC1CCCCC1. The molecule has 0 unspecified atom stereocenters. The van der Waals surface area contributed by atoms with E-state index in [0.29, 0.717) is 10.8 Å². The van der Waals surface area contributed by atoms with E-state index >= 15 is 0 Å². The number of alkyl carbamates (subject to hydrolysis) is 1. The number of alkyl halides is 3. The lowest BCUT2D eigenvalue weighted by Gasteiger charge is -2.23. The number of carbonyl (C=O) groups excluding carboxylic acids is 1. The number of aromatic amines is 1. The summed E-state index contributed by atoms with van der Waals surface area (Å²) >= 11 is 0. The summed E-state index contributed by atoms with van der Waals surface area (Å²) in [6, 6.07) is 0.0301. The third kappa shape index (κ3) is 5.92. The van der Waals surface area contributed by atoms with Crippen LogP contribution in [-0.4, -0.2) is 47.1 Å². The zero-order valence-corrected chi connectivity index (χ0v) is 17.2. The van der Waals surface area contributed by atoms with Gasteiger partial charge in [-0.25, -0.2) is 9.59 Å². The monoisotopic (exact) mass is 459 g/mol. The lowest BCUT2D eigenvalue weighted by Crippen LogP contribution is -2.39. The minimum atomic E-state index is -4.96. The first kappa shape index (κ1) is 23.9. The standard InChI is InChI=1S/C20H24F3N3O6/c1-2-8-30-14-9-16(26-10-13(20(21,22)23)17(27)25-18(26)28)32-15(14)11-31-19(29)24-12-6-4-3-5-7-12/h1,10,12,14-16H,3-9,11H2,(H,24,29)(H,25,27,28)/t14-,15+,16+/m0/s1. The molecule has 2 N–H and O–H groups in total. The fourth-order valence-corrected chi connectivity index (χ4v) is 3.87. The summed E-state index contributed by atoms with van der Waals surface area (Å²) in [5, 5.41) is 2.77. The van der Waals surface area contributed by atoms with Crippen molar-refractivity contribution in [1.82, 2.24) is 14.9 Å². The molecule has 3 atom stereocenters. The Balaban J connectivity index is 1.70. The van der Waals surface area contributed by atoms with E-state index in [0.717, 1.165) is 32.1 Å². The van der Waals surface area contributed by atoms with Crippen molar-refractivity contribution >= 4 is 6.09 Å². The van der Waals surface area contributed by atoms with Crippen molar-refractivity contribution in [2.45, 2.75) is 69.2 Å². The molecule has 1 aromatic heterocycles. The average Bonchev–Trinajstić information content (AvgIpc) is 3.13. The molecular formula is C20H24F3N3O6. The van der Waals surface area contributed by atoms with Crippen LogP contribution in [0.1, 0.15) is 50.3 Å². The van der Waals surface area contributed by atoms with Gasteiger partial charge in [0, 0.05) is 18.7 Å². The van der Waals surface area contributed by atoms with Gasteiger partial charge in [-0.05, 0) is 12.8 Å². The molecule has 1 saturated heterocycles. The van der Waals surface area contributed by atoms with Gasteiger partial charge in [0.05, 0.1) is 6.10 Å². The van der Waals surface area contributed by atoms with Gasteiger partial charge in [0.2, 0.25) is 0 Å². The summed E-state index contributed by atoms with van der Waals surface area (Å²) in [5.74, 6) is 2.27. The Hall–Kier alpha value is -2.78. The van der Waals surface area contributed by atoms with Crippen LogP contribution in [-0.2, 0) is 20.4 Å². The topological polar surface area (TPSA) is 112 Å². The summed E-state index contributed by atoms with van der Waals surface area (Å²) in [7, 11) is 0. The molecule has 0 radical (unpaired) electrons. The highest BCUT2D eigenvalue weighted by Gasteiger charge is 2.40. The third-order valence-electron chi connectivity index (χ3n) is 5.45. The Kier molecular flexibility index (Phi) is 7.63. The number of terminal acetylenes is 1. The Bertz CT molecular complexity index is 961. The van der Waals surface area contributed by atoms with E-state index in [4.69, 9.17) is 20.6 Å². The predicted molar refractivity (Wildman–Crippen MR) is 105 cm³/mol. The van der Waals surface area contributed by atoms with Crippen LogP contribution in [0.5, 0.6) is 0 Å². The number of aromatic nitrogens is 2. The smallest absolute Gasteiger partial charge is 0.423 e. The molecule has 1 aromatic rings. The number of amides is 1. The van der Waals surface area contributed by atoms with Crippen molar-refractivity contribution in [2.24, 2.45) is 0 Å². The van der Waals surface area contributed by atoms with Crippen molar-refractivity contribution in [1.29, 1.82) is 0 Å². The third-order valence-corrected chi connectivity index (χ3v) is 5.45. The highest BCUT2D eigenvalue weighted by Crippen LogP contribution is 2.32. The number of ether oxygens (including phenoxy) is 3. The Morgan fingerprint density at radius 1 is 1.31 bits per heavy atom. The normalized spacial score (nSPS) is 24.1. The number of carbonyl (C=O) groups is 1. The maximum Gasteiger partial charge on any atom is 0.423 e. The van der Waals surface area contributed by atoms with Gasteiger partial charge in [0.15, 0.2) is 0 Å². The van der Waals surface area contributed by atoms with Gasteiger partial charge in [-0.15, -0.1) is 6.42 Å². The van der Waals surface area contributed by atoms with Crippen LogP contribution >= 0.6 is 0 Å². The van der Waals surface area contributed by atoms with Gasteiger partial charge in [0.1, 0.15) is 31.1 Å². The minimum Gasteiger partial charge on any atom is -0.447 e. The molecule has 0 bridgehead atoms. The van der Waals surface area contributed by atoms with Crippen molar-refractivity contribution in [2.75, 3.05) is 13.2 Å². The fraction of sp³-hybridized carbons (Fsp3) is 0.650. The Morgan fingerprint density at radius 3 is 2.69 bits per heavy atom. The summed E-state index contributed by atoms with van der Waals surface area (Å²) in [6.45, 7) is -0.367. The number of hydrogen-bond donors (Lipinski definition) is 2. The lowest BCUT2D eigenvalue weighted by atomic mass is 9.96. The maximum atomic E-state index is 13.1. The molecule has 1 aliphatic carbocycles. The molecule has 176 valence electrons. The molecule has 32 heavy (non-hydrogen) atoms. The first-order chi connectivity index (χ1) is 15.2. The predicted octanol–water partition coefficient (Wildman–Crippen LogP) is 1.92. The highest BCUT2D eigenvalue weighted by atomic mass is 19.4. The number of nitrogens with one attached hydrogen (secondary N) is 2. The van der Waals surface area contributed by atoms with Crippen LogP contribution in [0.2, 0.25) is 0 Å². The number of hydrogen-bond acceptors (Lipinski definition) is 6. The first-order valence-electron chi connectivity index (χ1n) is 10.3. The van der Waals surface area contributed by atoms with E-state index in [-0.39, 0.29) is 25.7 Å². The van der Waals surface area contributed by atoms with Gasteiger partial charge < -0.3 is 19.5 Å². The molecule has 1 saturated carbocycles. The van der Waals surface area contributed by atoms with Gasteiger partial charge >= 0.3 is 18.0 Å². The second kappa shape index (κ2) is 10.2. The molecule has 1 aliphatic heterocycles. The summed E-state index contributed by atoms with van der Waals surface area (Å²) in [6.07, 6.45) is 2.06. The van der Waals surface area contributed by atoms with Gasteiger partial charge in [-0.2, -0.15) is 13.2 Å². The lowest BCUT2D eigenvalue weighted by molar-refractivity contribution is -0.139. The number of rotatable bonds is 6. The van der Waals surface area contributed by atoms with Crippen LogP contribution < -0.4 is 16.6 Å². The number of H-pyrrole nitrogens is 1. The Labute approximate surface area is 181 Å². The van der Waals surface area contributed by atoms with Crippen LogP contribution in [0, 0.1) is 12.3 Å². The molecule has 1 amide bonds. The molecule has 2 fully saturated rings. The summed E-state index contributed by atoms with van der Waals surface area (Å²) in [5.41, 5.74) is -4.15. The molecule has 12 heteroatoms. The molecular weight excluding hydrogens is 435 g/mol. The van der Waals surface area contributed by atoms with Crippen molar-refractivity contribution < 1.29 is 32.2 Å². The molecule has 0 spiro atoms. The number of halogens is 3. The second-order valence-corrected chi connectivity index (χ2v) is 7.70. The van der Waals surface area contributed by atoms with E-state index in [2.05, 4.69) is 11.2 Å². The first-order valence-corrected chi connectivity index (χ1v) is 10.3. The van der Waals surface area contributed by atoms with E-state index < -0.39 is 47.5 Å². The Morgan fingerprint density at radius 2 is 2.03 bits per heavy atom. The molecule has 2 aliphatic rings. The van der Waals surface area contributed by atoms with E-state index in [9.17, 15) is 27.6 Å². The summed E-state index contributed by atoms with van der Waals surface area (Å²) < 4.78 is 56.2. The van der Waals surface area contributed by atoms with Crippen LogP contribution in [0.25, 0.3) is 0 Å². The highest BCUT2D eigenvalue weighted by molar-refractivity contribution is 5.67. The van der Waals surface area contributed by atoms with Crippen LogP contribution in [0.4, 0.5) is 18.0 Å². The average molecular weight is 459 g/mol. The molecule has 2 heterocycles. The fourth-order valence-electron chi connectivity index (χ4n) is 3.87. The number of nitrogens with zero attached hydrogens (tertiary/aromatic N) is 1. The van der Waals surface area contributed by atoms with Gasteiger partial charge in [0.25, 0.3) is 5.56 Å². The van der Waals surface area contributed by atoms with E-state index in [1.807, 2.05) is 0 Å². The van der Waals surface area contributed by atoms with E-state index in [1.165, 1.54) is 0 Å². The largest absolute Gasteiger partial charge is 0.447 e. The summed E-state index contributed by atoms with van der Waals surface area (Å²) in [4.78, 5) is 37.4. The second-order valence-electron chi connectivity index (χ2n) is 7.70. The van der Waals surface area contributed by atoms with Crippen molar-refractivity contribution in [3.05, 3.63) is 32.6 Å².